The zero-order chi connectivity index (χ0) is 9.19. The van der Waals surface area contributed by atoms with Crippen LogP contribution in [0.25, 0.3) is 0 Å². The Balaban J connectivity index is 2.55. The molecule has 0 aliphatic carbocycles. The third-order valence-corrected chi connectivity index (χ3v) is 1.80. The summed E-state index contributed by atoms with van der Waals surface area (Å²) in [4.78, 5) is 20.6. The van der Waals surface area contributed by atoms with Crippen LogP contribution in [-0.2, 0) is 9.53 Å². The van der Waals surface area contributed by atoms with Gasteiger partial charge in [-0.25, -0.2) is 4.79 Å². The first kappa shape index (κ1) is 8.92. The van der Waals surface area contributed by atoms with E-state index in [4.69, 9.17) is 9.84 Å². The van der Waals surface area contributed by atoms with Crippen LogP contribution in [0.2, 0.25) is 0 Å². The summed E-state index contributed by atoms with van der Waals surface area (Å²) in [6, 6.07) is 0. The molecule has 1 aliphatic rings. The average molecular weight is 174 g/mol. The molecule has 0 spiro atoms. The third-order valence-electron chi connectivity index (χ3n) is 1.80. The van der Waals surface area contributed by atoms with Crippen molar-refractivity contribution >= 4 is 5.97 Å². The molecule has 0 amide bonds. The fourth-order valence-electron chi connectivity index (χ4n) is 1.17. The van der Waals surface area contributed by atoms with E-state index in [9.17, 15) is 9.70 Å². The normalized spacial score (nSPS) is 19.9. The summed E-state index contributed by atoms with van der Waals surface area (Å²) in [5, 5.41) is 12.4. The van der Waals surface area contributed by atoms with Gasteiger partial charge in [-0.1, -0.05) is 0 Å². The van der Waals surface area contributed by atoms with E-state index in [1.807, 2.05) is 0 Å². The highest BCUT2D eigenvalue weighted by atomic mass is 16.5. The Labute approximate surface area is 69.1 Å². The molecule has 1 saturated heterocycles. The number of rotatable bonds is 4. The molecule has 0 atom stereocenters. The summed E-state index contributed by atoms with van der Waals surface area (Å²) >= 11 is 0. The molecule has 1 heterocycles. The van der Waals surface area contributed by atoms with Crippen molar-refractivity contribution in [3.05, 3.63) is 4.91 Å². The maximum absolute atomic E-state index is 10.7. The van der Waals surface area contributed by atoms with Crippen molar-refractivity contribution in [3.8, 4) is 0 Å². The molecular weight excluding hydrogens is 164 g/mol. The highest BCUT2D eigenvalue weighted by molar-refractivity contribution is 5.79. The second-order valence-electron chi connectivity index (χ2n) is 2.64. The molecular formula is C6H10N2O4. The standard InChI is InChI=1S/C6H10N2O4/c1-2-12-6(5(9)10)3-8(4-6)7-11/h2-4H2,1H3,(H,9,10). The minimum atomic E-state index is -1.21. The molecule has 1 aliphatic heterocycles. The minimum Gasteiger partial charge on any atom is -0.479 e. The maximum Gasteiger partial charge on any atom is 0.339 e. The second-order valence-corrected chi connectivity index (χ2v) is 2.64. The molecule has 0 aromatic carbocycles. The lowest BCUT2D eigenvalue weighted by Crippen LogP contribution is -2.65. The SMILES string of the molecule is CCOC1(C(=O)O)CN(N=O)C1. The largest absolute Gasteiger partial charge is 0.479 e. The van der Waals surface area contributed by atoms with Crippen molar-refractivity contribution in [1.82, 2.24) is 5.01 Å². The lowest BCUT2D eigenvalue weighted by molar-refractivity contribution is -0.190. The molecule has 0 aromatic heterocycles. The fraction of sp³-hybridized carbons (Fsp3) is 0.833. The first-order chi connectivity index (χ1) is 5.64. The van der Waals surface area contributed by atoms with Crippen molar-refractivity contribution in [1.29, 1.82) is 0 Å². The first-order valence-electron chi connectivity index (χ1n) is 3.60. The van der Waals surface area contributed by atoms with Crippen molar-refractivity contribution in [2.75, 3.05) is 19.7 Å². The van der Waals surface area contributed by atoms with E-state index >= 15 is 0 Å². The zero-order valence-corrected chi connectivity index (χ0v) is 6.69. The van der Waals surface area contributed by atoms with Crippen LogP contribution in [0.3, 0.4) is 0 Å². The predicted octanol–water partition coefficient (Wildman–Crippen LogP) is -0.157. The van der Waals surface area contributed by atoms with Gasteiger partial charge >= 0.3 is 5.97 Å². The van der Waals surface area contributed by atoms with Crippen molar-refractivity contribution < 1.29 is 14.6 Å². The molecule has 1 fully saturated rings. The van der Waals surface area contributed by atoms with Crippen LogP contribution in [0.15, 0.2) is 5.29 Å². The Bertz CT molecular complexity index is 200. The van der Waals surface area contributed by atoms with Crippen LogP contribution in [0.5, 0.6) is 0 Å². The Morgan fingerprint density at radius 2 is 2.33 bits per heavy atom. The number of hydrogen-bond acceptors (Lipinski definition) is 4. The number of carboxylic acids is 1. The molecule has 0 aromatic rings. The molecule has 6 nitrogen and oxygen atoms in total. The zero-order valence-electron chi connectivity index (χ0n) is 6.69. The predicted molar refractivity (Wildman–Crippen MR) is 39.4 cm³/mol. The number of ether oxygens (including phenoxy) is 1. The summed E-state index contributed by atoms with van der Waals surface area (Å²) in [5.74, 6) is -1.04. The smallest absolute Gasteiger partial charge is 0.339 e. The van der Waals surface area contributed by atoms with Gasteiger partial charge in [0.2, 0.25) is 5.60 Å². The topological polar surface area (TPSA) is 79.2 Å². The molecule has 1 N–H and O–H groups in total. The van der Waals surface area contributed by atoms with E-state index in [0.29, 0.717) is 6.61 Å². The van der Waals surface area contributed by atoms with Gasteiger partial charge in [0.15, 0.2) is 0 Å². The Morgan fingerprint density at radius 1 is 1.75 bits per heavy atom. The molecule has 0 radical (unpaired) electrons. The lowest BCUT2D eigenvalue weighted by Gasteiger charge is -2.42. The highest BCUT2D eigenvalue weighted by Crippen LogP contribution is 2.25. The van der Waals surface area contributed by atoms with Crippen molar-refractivity contribution in [2.45, 2.75) is 12.5 Å². The molecule has 0 unspecified atom stereocenters. The van der Waals surface area contributed by atoms with Crippen LogP contribution in [0, 0.1) is 4.91 Å². The van der Waals surface area contributed by atoms with Gasteiger partial charge in [0.25, 0.3) is 0 Å². The summed E-state index contributed by atoms with van der Waals surface area (Å²) in [6.07, 6.45) is 0. The monoisotopic (exact) mass is 174 g/mol. The molecule has 1 rings (SSSR count). The van der Waals surface area contributed by atoms with Gasteiger partial charge in [-0.05, 0) is 6.92 Å². The van der Waals surface area contributed by atoms with Gasteiger partial charge < -0.3 is 9.84 Å². The Hall–Kier alpha value is -1.17. The van der Waals surface area contributed by atoms with Crippen LogP contribution >= 0.6 is 0 Å². The van der Waals surface area contributed by atoms with E-state index in [1.54, 1.807) is 6.92 Å². The summed E-state index contributed by atoms with van der Waals surface area (Å²) < 4.78 is 5.02. The van der Waals surface area contributed by atoms with Gasteiger partial charge in [-0.15, -0.1) is 4.91 Å². The van der Waals surface area contributed by atoms with Crippen LogP contribution in [0.4, 0.5) is 0 Å². The van der Waals surface area contributed by atoms with E-state index in [0.717, 1.165) is 5.01 Å². The van der Waals surface area contributed by atoms with Gasteiger partial charge in [0, 0.05) is 6.61 Å². The van der Waals surface area contributed by atoms with Crippen molar-refractivity contribution in [3.63, 3.8) is 0 Å². The van der Waals surface area contributed by atoms with E-state index in [-0.39, 0.29) is 13.1 Å². The highest BCUT2D eigenvalue weighted by Gasteiger charge is 2.51. The lowest BCUT2D eigenvalue weighted by atomic mass is 9.96. The van der Waals surface area contributed by atoms with E-state index in [1.165, 1.54) is 0 Å². The quantitative estimate of drug-likeness (QED) is 0.599. The molecule has 12 heavy (non-hydrogen) atoms. The van der Waals surface area contributed by atoms with Gasteiger partial charge in [-0.2, -0.15) is 0 Å². The number of nitrogens with zero attached hydrogens (tertiary/aromatic N) is 2. The fourth-order valence-corrected chi connectivity index (χ4v) is 1.17. The van der Waals surface area contributed by atoms with Crippen LogP contribution < -0.4 is 0 Å². The number of aliphatic carboxylic acids is 1. The van der Waals surface area contributed by atoms with E-state index in [2.05, 4.69) is 5.29 Å². The van der Waals surface area contributed by atoms with Crippen molar-refractivity contribution in [2.24, 2.45) is 5.29 Å². The summed E-state index contributed by atoms with van der Waals surface area (Å²) in [5.41, 5.74) is -1.21. The maximum atomic E-state index is 10.7. The third kappa shape index (κ3) is 1.25. The molecule has 0 saturated carbocycles. The Kier molecular flexibility index (Phi) is 2.27. The van der Waals surface area contributed by atoms with Gasteiger partial charge in [0.05, 0.1) is 18.4 Å². The Morgan fingerprint density at radius 3 is 2.67 bits per heavy atom. The average Bonchev–Trinajstić information content (AvgIpc) is 1.95. The number of nitroso groups, excluding NO2 is 1. The molecule has 68 valence electrons. The number of carbonyl (C=O) groups is 1. The minimum absolute atomic E-state index is 0.0413. The van der Waals surface area contributed by atoms with Gasteiger partial charge in [-0.3, -0.25) is 5.01 Å². The van der Waals surface area contributed by atoms with Crippen LogP contribution in [0.1, 0.15) is 6.92 Å². The first-order valence-corrected chi connectivity index (χ1v) is 3.60. The van der Waals surface area contributed by atoms with Crippen LogP contribution in [-0.4, -0.2) is 41.4 Å². The summed E-state index contributed by atoms with van der Waals surface area (Å²) in [7, 11) is 0. The molecule has 6 heteroatoms. The van der Waals surface area contributed by atoms with Gasteiger partial charge in [0.1, 0.15) is 0 Å². The number of hydrogen-bond donors (Lipinski definition) is 1. The number of carboxylic acid groups (broad SMARTS) is 1. The second kappa shape index (κ2) is 3.06. The summed E-state index contributed by atoms with van der Waals surface area (Å²) in [6.45, 7) is 2.11. The molecule has 0 bridgehead atoms. The van der Waals surface area contributed by atoms with E-state index < -0.39 is 11.6 Å².